The predicted molar refractivity (Wildman–Crippen MR) is 112 cm³/mol. The van der Waals surface area contributed by atoms with E-state index in [-0.39, 0.29) is 12.4 Å². The molecule has 0 fully saturated rings. The van der Waals surface area contributed by atoms with E-state index in [4.69, 9.17) is 16.3 Å². The highest BCUT2D eigenvalue weighted by atomic mass is 35.5. The summed E-state index contributed by atoms with van der Waals surface area (Å²) in [5.74, 6) is 0.773. The fourth-order valence-electron chi connectivity index (χ4n) is 2.14. The summed E-state index contributed by atoms with van der Waals surface area (Å²) in [7, 11) is 0. The van der Waals surface area contributed by atoms with Crippen molar-refractivity contribution >= 4 is 46.7 Å². The van der Waals surface area contributed by atoms with Crippen molar-refractivity contribution in [1.82, 2.24) is 4.98 Å². The number of benzene rings is 2. The second-order valence-electron chi connectivity index (χ2n) is 5.48. The third-order valence-electron chi connectivity index (χ3n) is 3.62. The summed E-state index contributed by atoms with van der Waals surface area (Å²) in [4.78, 5) is 5.58. The minimum Gasteiger partial charge on any atom is -0.488 e. The fraction of sp³-hybridized carbons (Fsp3) is 0.158. The van der Waals surface area contributed by atoms with Crippen LogP contribution in [0.25, 0.3) is 0 Å². The maximum absolute atomic E-state index is 5.91. The van der Waals surface area contributed by atoms with Gasteiger partial charge in [0.2, 0.25) is 5.13 Å². The molecule has 3 aromatic rings. The van der Waals surface area contributed by atoms with E-state index in [0.29, 0.717) is 6.61 Å². The van der Waals surface area contributed by atoms with E-state index in [2.05, 4.69) is 15.5 Å². The zero-order valence-corrected chi connectivity index (χ0v) is 16.8. The van der Waals surface area contributed by atoms with Crippen LogP contribution in [0.15, 0.2) is 53.6 Å². The molecule has 4 nitrogen and oxygen atoms in total. The van der Waals surface area contributed by atoms with Crippen LogP contribution in [0, 0.1) is 13.8 Å². The van der Waals surface area contributed by atoms with Gasteiger partial charge >= 0.3 is 0 Å². The van der Waals surface area contributed by atoms with Crippen LogP contribution in [0.4, 0.5) is 5.13 Å². The van der Waals surface area contributed by atoms with Crippen molar-refractivity contribution in [1.29, 1.82) is 0 Å². The Morgan fingerprint density at radius 1 is 1.15 bits per heavy atom. The summed E-state index contributed by atoms with van der Waals surface area (Å²) >= 11 is 7.49. The second kappa shape index (κ2) is 9.57. The van der Waals surface area contributed by atoms with Crippen molar-refractivity contribution in [2.45, 2.75) is 20.5 Å². The number of aromatic nitrogens is 1. The van der Waals surface area contributed by atoms with Gasteiger partial charge < -0.3 is 4.74 Å². The van der Waals surface area contributed by atoms with E-state index in [0.717, 1.165) is 32.7 Å². The van der Waals surface area contributed by atoms with Gasteiger partial charge in [0.05, 0.1) is 11.9 Å². The highest BCUT2D eigenvalue weighted by Crippen LogP contribution is 2.22. The Bertz CT molecular complexity index is 859. The first-order valence-electron chi connectivity index (χ1n) is 7.81. The lowest BCUT2D eigenvalue weighted by atomic mass is 10.2. The van der Waals surface area contributed by atoms with Crippen LogP contribution in [0.5, 0.6) is 5.75 Å². The Morgan fingerprint density at radius 2 is 1.88 bits per heavy atom. The molecule has 1 aromatic heterocycles. The molecular weight excluding hydrogens is 389 g/mol. The number of hydrogen-bond acceptors (Lipinski definition) is 5. The number of nitrogens with zero attached hydrogens (tertiary/aromatic N) is 2. The number of aryl methyl sites for hydroxylation is 2. The summed E-state index contributed by atoms with van der Waals surface area (Å²) in [6.07, 6.45) is 1.74. The lowest BCUT2D eigenvalue weighted by Gasteiger charge is -2.09. The number of hydrogen-bond donors (Lipinski definition) is 1. The molecule has 0 aliphatic carbocycles. The van der Waals surface area contributed by atoms with Crippen molar-refractivity contribution in [3.8, 4) is 5.75 Å². The minimum atomic E-state index is 0. The number of thiazole rings is 1. The molecule has 0 radical (unpaired) electrons. The molecule has 0 amide bonds. The number of hydrazone groups is 1. The molecule has 26 heavy (non-hydrogen) atoms. The van der Waals surface area contributed by atoms with E-state index in [9.17, 15) is 0 Å². The van der Waals surface area contributed by atoms with Crippen molar-refractivity contribution < 1.29 is 4.74 Å². The quantitative estimate of drug-likeness (QED) is 0.411. The molecule has 0 atom stereocenters. The molecule has 0 unspecified atom stereocenters. The Balaban J connectivity index is 0.00000243. The third-order valence-corrected chi connectivity index (χ3v) is 4.85. The molecular formula is C19H19Cl2N3OS. The van der Waals surface area contributed by atoms with Gasteiger partial charge in [-0.1, -0.05) is 35.9 Å². The van der Waals surface area contributed by atoms with Gasteiger partial charge in [0.15, 0.2) is 0 Å². The van der Waals surface area contributed by atoms with Gasteiger partial charge in [0.1, 0.15) is 12.4 Å². The molecule has 136 valence electrons. The second-order valence-corrected chi connectivity index (χ2v) is 7.12. The number of nitrogens with one attached hydrogen (secondary N) is 1. The van der Waals surface area contributed by atoms with Crippen molar-refractivity contribution in [2.24, 2.45) is 5.10 Å². The number of rotatable bonds is 6. The zero-order chi connectivity index (χ0) is 17.6. The van der Waals surface area contributed by atoms with Gasteiger partial charge in [0.25, 0.3) is 0 Å². The molecule has 0 saturated heterocycles. The summed E-state index contributed by atoms with van der Waals surface area (Å²) in [5.41, 5.74) is 5.95. The highest BCUT2D eigenvalue weighted by Gasteiger charge is 2.03. The maximum atomic E-state index is 5.91. The Kier molecular flexibility index (Phi) is 7.45. The molecule has 2 aromatic carbocycles. The average molecular weight is 408 g/mol. The molecule has 0 aliphatic heterocycles. The fourth-order valence-corrected chi connectivity index (χ4v) is 3.03. The van der Waals surface area contributed by atoms with E-state index >= 15 is 0 Å². The van der Waals surface area contributed by atoms with Gasteiger partial charge in [-0.25, -0.2) is 4.98 Å². The van der Waals surface area contributed by atoms with E-state index < -0.39 is 0 Å². The van der Waals surface area contributed by atoms with Gasteiger partial charge in [0, 0.05) is 15.5 Å². The molecule has 0 spiro atoms. The molecule has 3 rings (SSSR count). The molecule has 7 heteroatoms. The van der Waals surface area contributed by atoms with Crippen LogP contribution < -0.4 is 10.2 Å². The van der Waals surface area contributed by atoms with Crippen LogP contribution in [-0.2, 0) is 6.61 Å². The molecule has 1 heterocycles. The smallest absolute Gasteiger partial charge is 0.203 e. The van der Waals surface area contributed by atoms with Crippen molar-refractivity contribution in [3.05, 3.63) is 75.3 Å². The van der Waals surface area contributed by atoms with Crippen LogP contribution >= 0.6 is 35.3 Å². The zero-order valence-electron chi connectivity index (χ0n) is 14.4. The number of ether oxygens (including phenoxy) is 1. The summed E-state index contributed by atoms with van der Waals surface area (Å²) in [5, 5.41) is 5.77. The van der Waals surface area contributed by atoms with E-state index in [1.807, 2.05) is 62.4 Å². The summed E-state index contributed by atoms with van der Waals surface area (Å²) in [6, 6.07) is 15.4. The lowest BCUT2D eigenvalue weighted by molar-refractivity contribution is 0.306. The minimum absolute atomic E-state index is 0. The van der Waals surface area contributed by atoms with Crippen LogP contribution in [0.3, 0.4) is 0 Å². The summed E-state index contributed by atoms with van der Waals surface area (Å²) in [6.45, 7) is 4.50. The molecule has 0 bridgehead atoms. The summed E-state index contributed by atoms with van der Waals surface area (Å²) < 4.78 is 5.91. The normalized spacial score (nSPS) is 10.6. The Morgan fingerprint density at radius 3 is 2.58 bits per heavy atom. The molecule has 0 aliphatic rings. The van der Waals surface area contributed by atoms with Gasteiger partial charge in [-0.2, -0.15) is 5.10 Å². The standard InChI is InChI=1S/C19H18ClN3OS.ClH/c1-13-14(2)25-19(22-13)23-21-11-16-5-3-4-6-18(16)24-12-15-7-9-17(20)10-8-15;/h3-11H,12H2,1-2H3,(H,22,23);1H/b21-11+;. The van der Waals surface area contributed by atoms with Crippen molar-refractivity contribution in [3.63, 3.8) is 0 Å². The lowest BCUT2D eigenvalue weighted by Crippen LogP contribution is -1.99. The van der Waals surface area contributed by atoms with Gasteiger partial charge in [-0.3, -0.25) is 5.43 Å². The van der Waals surface area contributed by atoms with Gasteiger partial charge in [-0.05, 0) is 43.7 Å². The van der Waals surface area contributed by atoms with Gasteiger partial charge in [-0.15, -0.1) is 23.7 Å². The first-order chi connectivity index (χ1) is 12.1. The Labute approximate surface area is 168 Å². The molecule has 0 saturated carbocycles. The third kappa shape index (κ3) is 5.46. The van der Waals surface area contributed by atoms with E-state index in [1.165, 1.54) is 4.88 Å². The Hall–Kier alpha value is -2.08. The number of para-hydroxylation sites is 1. The van der Waals surface area contributed by atoms with Crippen LogP contribution in [-0.4, -0.2) is 11.2 Å². The predicted octanol–water partition coefficient (Wildman–Crippen LogP) is 5.86. The SMILES string of the molecule is Cc1nc(N/N=C/c2ccccc2OCc2ccc(Cl)cc2)sc1C.Cl. The largest absolute Gasteiger partial charge is 0.488 e. The monoisotopic (exact) mass is 407 g/mol. The first-order valence-corrected chi connectivity index (χ1v) is 9.00. The number of halogens is 2. The van der Waals surface area contributed by atoms with Crippen molar-refractivity contribution in [2.75, 3.05) is 5.43 Å². The van der Waals surface area contributed by atoms with Crippen LogP contribution in [0.1, 0.15) is 21.7 Å². The topological polar surface area (TPSA) is 46.5 Å². The average Bonchev–Trinajstić information content (AvgIpc) is 2.93. The highest BCUT2D eigenvalue weighted by molar-refractivity contribution is 7.15. The maximum Gasteiger partial charge on any atom is 0.203 e. The van der Waals surface area contributed by atoms with Crippen LogP contribution in [0.2, 0.25) is 5.02 Å². The first kappa shape index (κ1) is 20.2. The molecule has 1 N–H and O–H groups in total. The number of anilines is 1. The van der Waals surface area contributed by atoms with E-state index in [1.54, 1.807) is 17.6 Å².